The van der Waals surface area contributed by atoms with Gasteiger partial charge in [0.15, 0.2) is 5.03 Å². The summed E-state index contributed by atoms with van der Waals surface area (Å²) in [5.41, 5.74) is 7.00. The number of fused-ring (bicyclic) bond motifs is 2. The van der Waals surface area contributed by atoms with Crippen LogP contribution in [0.4, 0.5) is 4.79 Å². The molecule has 0 aliphatic carbocycles. The molecular weight excluding hydrogens is 422 g/mol. The van der Waals surface area contributed by atoms with Crippen molar-refractivity contribution in [2.45, 2.75) is 36.6 Å². The fourth-order valence-corrected chi connectivity index (χ4v) is 4.63. The Labute approximate surface area is 180 Å². The Kier molecular flexibility index (Phi) is 5.79. The van der Waals surface area contributed by atoms with Gasteiger partial charge in [-0.25, -0.2) is 9.78 Å². The topological polar surface area (TPSA) is 127 Å². The molecule has 0 unspecified atom stereocenters. The highest BCUT2D eigenvalue weighted by atomic mass is 32.2. The van der Waals surface area contributed by atoms with E-state index in [2.05, 4.69) is 9.38 Å². The maximum absolute atomic E-state index is 12.9. The molecule has 2 bridgehead atoms. The van der Waals surface area contributed by atoms with Crippen LogP contribution in [0, 0.1) is 0 Å². The van der Waals surface area contributed by atoms with Crippen LogP contribution in [0.5, 0.6) is 5.75 Å². The molecule has 2 N–H and O–H groups in total. The molecule has 2 aliphatic heterocycles. The van der Waals surface area contributed by atoms with Crippen LogP contribution in [0.2, 0.25) is 0 Å². The van der Waals surface area contributed by atoms with E-state index in [1.165, 1.54) is 35.4 Å². The third-order valence-corrected chi connectivity index (χ3v) is 6.53. The first-order valence-electron chi connectivity index (χ1n) is 9.76. The zero-order chi connectivity index (χ0) is 22.0. The van der Waals surface area contributed by atoms with Gasteiger partial charge in [-0.3, -0.25) is 4.84 Å². The lowest BCUT2D eigenvalue weighted by Crippen LogP contribution is -2.48. The number of methoxy groups -OCH3 is 1. The molecule has 164 valence electrons. The fraction of sp³-hybridized carbons (Fsp3) is 0.350. The van der Waals surface area contributed by atoms with E-state index >= 15 is 0 Å². The van der Waals surface area contributed by atoms with Crippen LogP contribution in [0.1, 0.15) is 18.4 Å². The minimum absolute atomic E-state index is 0.111. The summed E-state index contributed by atoms with van der Waals surface area (Å²) in [7, 11) is -2.66. The number of carbonyl (C=O) groups excluding carboxylic acids is 1. The van der Waals surface area contributed by atoms with Gasteiger partial charge in [0.25, 0.3) is 0 Å². The van der Waals surface area contributed by atoms with Crippen LogP contribution in [0.25, 0.3) is 0 Å². The maximum Gasteiger partial charge on any atom is 0.344 e. The predicted molar refractivity (Wildman–Crippen MR) is 112 cm³/mol. The number of benzene rings is 1. The molecule has 2 saturated heterocycles. The van der Waals surface area contributed by atoms with Gasteiger partial charge in [0.2, 0.25) is 0 Å². The van der Waals surface area contributed by atoms with Crippen molar-refractivity contribution in [2.24, 2.45) is 10.1 Å². The van der Waals surface area contributed by atoms with E-state index in [9.17, 15) is 13.2 Å². The van der Waals surface area contributed by atoms with Gasteiger partial charge in [-0.2, -0.15) is 13.5 Å². The van der Waals surface area contributed by atoms with Gasteiger partial charge in [-0.15, -0.1) is 4.40 Å². The summed E-state index contributed by atoms with van der Waals surface area (Å²) in [5.74, 6) is 0.279. The van der Waals surface area contributed by atoms with Crippen molar-refractivity contribution in [1.82, 2.24) is 14.9 Å². The van der Waals surface area contributed by atoms with E-state index in [4.69, 9.17) is 15.3 Å². The highest BCUT2D eigenvalue weighted by Crippen LogP contribution is 2.31. The van der Waals surface area contributed by atoms with E-state index < -0.39 is 16.1 Å². The zero-order valence-electron chi connectivity index (χ0n) is 16.9. The second-order valence-corrected chi connectivity index (χ2v) is 8.85. The van der Waals surface area contributed by atoms with Crippen LogP contribution >= 0.6 is 0 Å². The number of rotatable bonds is 7. The Morgan fingerprint density at radius 2 is 2.00 bits per heavy atom. The molecule has 1 aromatic heterocycles. The highest BCUT2D eigenvalue weighted by Gasteiger charge is 2.47. The molecule has 11 heteroatoms. The van der Waals surface area contributed by atoms with Crippen molar-refractivity contribution in [3.8, 4) is 5.75 Å². The molecule has 2 fully saturated rings. The van der Waals surface area contributed by atoms with Crippen molar-refractivity contribution in [3.05, 3.63) is 54.2 Å². The van der Waals surface area contributed by atoms with Crippen LogP contribution in [-0.2, 0) is 21.5 Å². The van der Waals surface area contributed by atoms with E-state index in [0.717, 1.165) is 5.56 Å². The van der Waals surface area contributed by atoms with Gasteiger partial charge < -0.3 is 15.4 Å². The van der Waals surface area contributed by atoms with Gasteiger partial charge in [0, 0.05) is 6.54 Å². The Bertz CT molecular complexity index is 1070. The molecule has 10 nitrogen and oxygen atoms in total. The Morgan fingerprint density at radius 3 is 2.68 bits per heavy atom. The molecular formula is C20H23N5O5S. The second kappa shape index (κ2) is 8.52. The van der Waals surface area contributed by atoms with Gasteiger partial charge in [0.05, 0.1) is 25.4 Å². The number of hydroxylamine groups is 2. The summed E-state index contributed by atoms with van der Waals surface area (Å²) in [6.45, 7) is 0.665. The molecule has 2 aliphatic rings. The number of sulfonamides is 1. The number of ether oxygens (including phenoxy) is 1. The van der Waals surface area contributed by atoms with Crippen molar-refractivity contribution in [2.75, 3.05) is 13.7 Å². The average Bonchev–Trinajstić information content (AvgIpc) is 3.02. The molecule has 2 atom stereocenters. The number of nitrogens with zero attached hydrogens (tertiary/aromatic N) is 4. The third kappa shape index (κ3) is 4.32. The summed E-state index contributed by atoms with van der Waals surface area (Å²) in [6, 6.07) is 11.2. The lowest BCUT2D eigenvalue weighted by molar-refractivity contribution is -0.140. The third-order valence-electron chi connectivity index (χ3n) is 5.31. The summed E-state index contributed by atoms with van der Waals surface area (Å²) >= 11 is 0. The van der Waals surface area contributed by atoms with E-state index in [1.807, 2.05) is 30.3 Å². The normalized spacial score (nSPS) is 21.5. The number of urea groups is 1. The van der Waals surface area contributed by atoms with Crippen molar-refractivity contribution < 1.29 is 22.8 Å². The molecule has 31 heavy (non-hydrogen) atoms. The van der Waals surface area contributed by atoms with Crippen molar-refractivity contribution >= 4 is 21.9 Å². The average molecular weight is 446 g/mol. The standard InChI is InChI=1S/C20H23N5O5S/c1-29-16-8-10-18(22-11-16)31(27,28)23-19(21)17-9-7-15-12-24(17)20(26)25(15)30-13-14-5-3-2-4-6-14/h2-6,8,10-11,15,17H,7,9,12-13H2,1H3,(H2,21,23)/t15-,17+/m1/s1. The number of aromatic nitrogens is 1. The van der Waals surface area contributed by atoms with Crippen molar-refractivity contribution in [3.63, 3.8) is 0 Å². The minimum atomic E-state index is -4.12. The number of nitrogens with two attached hydrogens (primary N) is 1. The second-order valence-electron chi connectivity index (χ2n) is 7.29. The van der Waals surface area contributed by atoms with Gasteiger partial charge >= 0.3 is 16.1 Å². The smallest absolute Gasteiger partial charge is 0.344 e. The summed E-state index contributed by atoms with van der Waals surface area (Å²) < 4.78 is 33.9. The Balaban J connectivity index is 1.47. The van der Waals surface area contributed by atoms with E-state index in [0.29, 0.717) is 25.1 Å². The van der Waals surface area contributed by atoms with Gasteiger partial charge in [-0.05, 0) is 30.5 Å². The monoisotopic (exact) mass is 445 g/mol. The number of hydrogen-bond donors (Lipinski definition) is 1. The molecule has 3 heterocycles. The quantitative estimate of drug-likeness (QED) is 0.506. The molecule has 4 rings (SSSR count). The molecule has 2 amide bonds. The molecule has 0 saturated carbocycles. The Morgan fingerprint density at radius 1 is 1.23 bits per heavy atom. The SMILES string of the molecule is COc1ccc(S(=O)(=O)N=C(N)[C@@H]2CC[C@@H]3CN2C(=O)N3OCc2ccccc2)nc1. The number of amidine groups is 1. The molecule has 0 radical (unpaired) electrons. The Hall–Kier alpha value is -3.18. The number of piperidine rings is 1. The fourth-order valence-electron chi connectivity index (χ4n) is 3.71. The van der Waals surface area contributed by atoms with Gasteiger partial charge in [-0.1, -0.05) is 30.3 Å². The summed E-state index contributed by atoms with van der Waals surface area (Å²) in [4.78, 5) is 24.0. The lowest BCUT2D eigenvalue weighted by Gasteiger charge is -2.29. The number of carbonyl (C=O) groups is 1. The van der Waals surface area contributed by atoms with Crippen LogP contribution < -0.4 is 10.5 Å². The van der Waals surface area contributed by atoms with Gasteiger partial charge in [0.1, 0.15) is 18.2 Å². The minimum Gasteiger partial charge on any atom is -0.495 e. The molecule has 0 spiro atoms. The lowest BCUT2D eigenvalue weighted by atomic mass is 10.0. The van der Waals surface area contributed by atoms with Crippen LogP contribution in [0.3, 0.4) is 0 Å². The predicted octanol–water partition coefficient (Wildman–Crippen LogP) is 1.54. The first kappa shape index (κ1) is 21.1. The first-order valence-corrected chi connectivity index (χ1v) is 11.2. The maximum atomic E-state index is 12.9. The van der Waals surface area contributed by atoms with E-state index in [-0.39, 0.29) is 29.5 Å². The highest BCUT2D eigenvalue weighted by molar-refractivity contribution is 7.90. The van der Waals surface area contributed by atoms with Crippen molar-refractivity contribution in [1.29, 1.82) is 0 Å². The van der Waals surface area contributed by atoms with E-state index in [1.54, 1.807) is 0 Å². The summed E-state index contributed by atoms with van der Waals surface area (Å²) in [5, 5.41) is 1.12. The largest absolute Gasteiger partial charge is 0.495 e. The zero-order valence-corrected chi connectivity index (χ0v) is 17.7. The molecule has 2 aromatic rings. The summed E-state index contributed by atoms with van der Waals surface area (Å²) in [6.07, 6.45) is 2.40. The number of amides is 2. The number of hydrogen-bond acceptors (Lipinski definition) is 6. The molecule has 1 aromatic carbocycles. The van der Waals surface area contributed by atoms with Crippen LogP contribution in [-0.4, -0.2) is 61.0 Å². The van der Waals surface area contributed by atoms with Crippen LogP contribution in [0.15, 0.2) is 58.1 Å². The first-order chi connectivity index (χ1) is 14.9. The number of pyridine rings is 1.